The molecule has 0 spiro atoms. The topological polar surface area (TPSA) is 63.7 Å². The summed E-state index contributed by atoms with van der Waals surface area (Å²) in [6.45, 7) is 4.10. The molecule has 2 atom stereocenters. The average Bonchev–Trinajstić information content (AvgIpc) is 3.07. The van der Waals surface area contributed by atoms with Gasteiger partial charge in [-0.1, -0.05) is 54.9 Å². The molecule has 1 heterocycles. The van der Waals surface area contributed by atoms with Crippen LogP contribution < -0.4 is 4.74 Å². The van der Waals surface area contributed by atoms with Crippen LogP contribution in [0.25, 0.3) is 0 Å². The van der Waals surface area contributed by atoms with E-state index in [4.69, 9.17) is 16.3 Å². The maximum absolute atomic E-state index is 13.2. The summed E-state index contributed by atoms with van der Waals surface area (Å²) in [4.78, 5) is 14.9. The first-order valence-corrected chi connectivity index (χ1v) is 12.0. The number of para-hydroxylation sites is 1. The van der Waals surface area contributed by atoms with Crippen molar-refractivity contribution in [3.05, 3.63) is 64.7 Å². The quantitative estimate of drug-likeness (QED) is 0.661. The molecule has 1 amide bonds. The van der Waals surface area contributed by atoms with Crippen LogP contribution in [0.15, 0.2) is 48.5 Å². The summed E-state index contributed by atoms with van der Waals surface area (Å²) in [7, 11) is -3.12. The minimum absolute atomic E-state index is 0.00933. The average molecular weight is 436 g/mol. The highest BCUT2D eigenvalue weighted by Gasteiger charge is 2.36. The second-order valence-corrected chi connectivity index (χ2v) is 10.0. The zero-order valence-electron chi connectivity index (χ0n) is 16.7. The molecule has 2 aromatic carbocycles. The van der Waals surface area contributed by atoms with Crippen molar-refractivity contribution in [1.82, 2.24) is 4.90 Å². The van der Waals surface area contributed by atoms with Crippen LogP contribution in [0.2, 0.25) is 5.02 Å². The zero-order chi connectivity index (χ0) is 21.0. The fourth-order valence-corrected chi connectivity index (χ4v) is 5.41. The summed E-state index contributed by atoms with van der Waals surface area (Å²) in [5, 5.41) is 0.428. The SMILES string of the molecule is CCc1ccc(CN(C(=O)C(C)Oc2ccccc2Cl)C2CCS(=O)(=O)C2)cc1. The second-order valence-electron chi connectivity index (χ2n) is 7.38. The lowest BCUT2D eigenvalue weighted by Gasteiger charge is -2.31. The lowest BCUT2D eigenvalue weighted by molar-refractivity contribution is -0.140. The molecule has 0 aromatic heterocycles. The van der Waals surface area contributed by atoms with E-state index >= 15 is 0 Å². The first-order chi connectivity index (χ1) is 13.8. The van der Waals surface area contributed by atoms with Crippen LogP contribution in [0, 0.1) is 0 Å². The van der Waals surface area contributed by atoms with Crippen LogP contribution in [-0.4, -0.2) is 42.9 Å². The molecule has 0 aliphatic carbocycles. The van der Waals surface area contributed by atoms with E-state index in [0.717, 1.165) is 12.0 Å². The van der Waals surface area contributed by atoms with Gasteiger partial charge in [-0.25, -0.2) is 8.42 Å². The van der Waals surface area contributed by atoms with Gasteiger partial charge in [-0.3, -0.25) is 4.79 Å². The molecule has 1 aliphatic rings. The number of amides is 1. The number of hydrogen-bond acceptors (Lipinski definition) is 4. The first-order valence-electron chi connectivity index (χ1n) is 9.79. The van der Waals surface area contributed by atoms with Gasteiger partial charge in [0.05, 0.1) is 16.5 Å². The van der Waals surface area contributed by atoms with Gasteiger partial charge >= 0.3 is 0 Å². The molecule has 156 valence electrons. The van der Waals surface area contributed by atoms with Crippen molar-refractivity contribution in [3.8, 4) is 5.75 Å². The number of aryl methyl sites for hydroxylation is 1. The number of carbonyl (C=O) groups excluding carboxylic acids is 1. The molecule has 3 rings (SSSR count). The van der Waals surface area contributed by atoms with Gasteiger partial charge in [0.15, 0.2) is 15.9 Å². The molecule has 0 saturated carbocycles. The van der Waals surface area contributed by atoms with Crippen LogP contribution >= 0.6 is 11.6 Å². The van der Waals surface area contributed by atoms with E-state index in [0.29, 0.717) is 23.7 Å². The molecule has 2 unspecified atom stereocenters. The van der Waals surface area contributed by atoms with E-state index < -0.39 is 15.9 Å². The molecule has 29 heavy (non-hydrogen) atoms. The van der Waals surface area contributed by atoms with Crippen molar-refractivity contribution in [1.29, 1.82) is 0 Å². The third-order valence-electron chi connectivity index (χ3n) is 5.20. The van der Waals surface area contributed by atoms with Gasteiger partial charge in [-0.15, -0.1) is 0 Å². The van der Waals surface area contributed by atoms with Crippen LogP contribution in [0.5, 0.6) is 5.75 Å². The van der Waals surface area contributed by atoms with Gasteiger partial charge < -0.3 is 9.64 Å². The third kappa shape index (κ3) is 5.52. The van der Waals surface area contributed by atoms with Gasteiger partial charge in [-0.05, 0) is 43.0 Å². The van der Waals surface area contributed by atoms with Crippen molar-refractivity contribution in [3.63, 3.8) is 0 Å². The molecule has 5 nitrogen and oxygen atoms in total. The monoisotopic (exact) mass is 435 g/mol. The van der Waals surface area contributed by atoms with Crippen LogP contribution in [0.4, 0.5) is 0 Å². The summed E-state index contributed by atoms with van der Waals surface area (Å²) in [5.74, 6) is 0.286. The number of carbonyl (C=O) groups is 1. The number of sulfone groups is 1. The lowest BCUT2D eigenvalue weighted by Crippen LogP contribution is -2.46. The minimum Gasteiger partial charge on any atom is -0.479 e. The summed E-state index contributed by atoms with van der Waals surface area (Å²) in [5.41, 5.74) is 2.18. The molecule has 1 fully saturated rings. The molecule has 7 heteroatoms. The van der Waals surface area contributed by atoms with Gasteiger partial charge in [0, 0.05) is 12.6 Å². The zero-order valence-corrected chi connectivity index (χ0v) is 18.2. The maximum atomic E-state index is 13.2. The number of benzene rings is 2. The molecular formula is C22H26ClNO4S. The van der Waals surface area contributed by atoms with E-state index in [2.05, 4.69) is 6.92 Å². The molecule has 1 aliphatic heterocycles. The van der Waals surface area contributed by atoms with Crippen molar-refractivity contribution >= 4 is 27.3 Å². The van der Waals surface area contributed by atoms with Gasteiger partial charge in [0.25, 0.3) is 5.91 Å². The van der Waals surface area contributed by atoms with E-state index in [1.54, 1.807) is 36.1 Å². The van der Waals surface area contributed by atoms with Gasteiger partial charge in [-0.2, -0.15) is 0 Å². The summed E-state index contributed by atoms with van der Waals surface area (Å²) in [6, 6.07) is 14.7. The predicted octanol–water partition coefficient (Wildman–Crippen LogP) is 3.89. The highest BCUT2D eigenvalue weighted by Crippen LogP contribution is 2.26. The Labute approximate surface area is 177 Å². The second kappa shape index (κ2) is 9.18. The Hall–Kier alpha value is -2.05. The van der Waals surface area contributed by atoms with E-state index in [1.807, 2.05) is 24.3 Å². The fourth-order valence-electron chi connectivity index (χ4n) is 3.50. The van der Waals surface area contributed by atoms with Gasteiger partial charge in [0.1, 0.15) is 5.75 Å². The molecular weight excluding hydrogens is 410 g/mol. The van der Waals surface area contributed by atoms with E-state index in [-0.39, 0.29) is 23.5 Å². The van der Waals surface area contributed by atoms with E-state index in [9.17, 15) is 13.2 Å². The number of hydrogen-bond donors (Lipinski definition) is 0. The highest BCUT2D eigenvalue weighted by atomic mass is 35.5. The van der Waals surface area contributed by atoms with Crippen molar-refractivity contribution in [2.75, 3.05) is 11.5 Å². The van der Waals surface area contributed by atoms with Crippen molar-refractivity contribution in [2.24, 2.45) is 0 Å². The first kappa shape index (κ1) is 21.7. The summed E-state index contributed by atoms with van der Waals surface area (Å²) >= 11 is 6.15. The van der Waals surface area contributed by atoms with Crippen LogP contribution in [0.1, 0.15) is 31.4 Å². The fraction of sp³-hybridized carbons (Fsp3) is 0.409. The number of ether oxygens (including phenoxy) is 1. The highest BCUT2D eigenvalue weighted by molar-refractivity contribution is 7.91. The van der Waals surface area contributed by atoms with Crippen molar-refractivity contribution < 1.29 is 17.9 Å². The normalized spacial score (nSPS) is 18.9. The third-order valence-corrected chi connectivity index (χ3v) is 7.27. The van der Waals surface area contributed by atoms with E-state index in [1.165, 1.54) is 5.56 Å². The number of halogens is 1. The van der Waals surface area contributed by atoms with Crippen LogP contribution in [0.3, 0.4) is 0 Å². The van der Waals surface area contributed by atoms with Crippen molar-refractivity contribution in [2.45, 2.75) is 45.4 Å². The molecule has 1 saturated heterocycles. The Kier molecular flexibility index (Phi) is 6.85. The van der Waals surface area contributed by atoms with Gasteiger partial charge in [0.2, 0.25) is 0 Å². The smallest absolute Gasteiger partial charge is 0.263 e. The molecule has 2 aromatic rings. The van der Waals surface area contributed by atoms with Crippen LogP contribution in [-0.2, 0) is 27.6 Å². The number of rotatable bonds is 7. The Morgan fingerprint density at radius 2 is 1.83 bits per heavy atom. The Morgan fingerprint density at radius 1 is 1.17 bits per heavy atom. The standard InChI is InChI=1S/C22H26ClNO4S/c1-3-17-8-10-18(11-9-17)14-24(19-12-13-29(26,27)15-19)22(25)16(2)28-21-7-5-4-6-20(21)23/h4-11,16,19H,3,12-15H2,1-2H3. The Morgan fingerprint density at radius 3 is 2.41 bits per heavy atom. The number of nitrogens with zero attached hydrogens (tertiary/aromatic N) is 1. The Balaban J connectivity index is 1.81. The molecule has 0 radical (unpaired) electrons. The largest absolute Gasteiger partial charge is 0.479 e. The summed E-state index contributed by atoms with van der Waals surface area (Å²) in [6.07, 6.45) is 0.597. The minimum atomic E-state index is -3.12. The lowest BCUT2D eigenvalue weighted by atomic mass is 10.1. The molecule has 0 N–H and O–H groups in total. The molecule has 0 bridgehead atoms. The summed E-state index contributed by atoms with van der Waals surface area (Å²) < 4.78 is 29.8. The predicted molar refractivity (Wildman–Crippen MR) is 115 cm³/mol. The Bertz CT molecular complexity index is 959. The maximum Gasteiger partial charge on any atom is 0.263 e.